The number of likely N-dealkylation sites (tertiary alicyclic amines) is 1. The second-order valence-corrected chi connectivity index (χ2v) is 8.22. The van der Waals surface area contributed by atoms with E-state index in [1.807, 2.05) is 0 Å². The molecule has 2 aromatic carbocycles. The molecule has 0 aromatic heterocycles. The molecule has 0 bridgehead atoms. The van der Waals surface area contributed by atoms with E-state index in [1.165, 1.54) is 41.6 Å². The number of carbonyl (C=O) groups excluding carboxylic acids is 1. The van der Waals surface area contributed by atoms with Crippen LogP contribution in [-0.4, -0.2) is 54.7 Å². The first-order chi connectivity index (χ1) is 13.6. The Morgan fingerprint density at radius 2 is 1.64 bits per heavy atom. The summed E-state index contributed by atoms with van der Waals surface area (Å²) >= 11 is 0. The van der Waals surface area contributed by atoms with Gasteiger partial charge in [0.15, 0.2) is 0 Å². The lowest BCUT2D eigenvalue weighted by Crippen LogP contribution is -2.30. The van der Waals surface area contributed by atoms with Crippen LogP contribution in [0.25, 0.3) is 11.1 Å². The molecule has 2 aromatic rings. The Hall–Kier alpha value is -2.33. The zero-order valence-electron chi connectivity index (χ0n) is 16.9. The van der Waals surface area contributed by atoms with Crippen molar-refractivity contribution >= 4 is 6.09 Å². The molecular formula is C24H30N2O2. The summed E-state index contributed by atoms with van der Waals surface area (Å²) in [5.74, 6) is 0. The molecule has 0 unspecified atom stereocenters. The Balaban J connectivity index is 1.34. The normalized spacial score (nSPS) is 22.6. The van der Waals surface area contributed by atoms with Crippen LogP contribution in [0.5, 0.6) is 0 Å². The number of benzene rings is 2. The molecule has 2 heterocycles. The molecule has 0 aliphatic carbocycles. The molecule has 148 valence electrons. The molecule has 4 rings (SSSR count). The summed E-state index contributed by atoms with van der Waals surface area (Å²) < 4.78 is 5.10. The van der Waals surface area contributed by atoms with Gasteiger partial charge in [-0.1, -0.05) is 48.5 Å². The fourth-order valence-corrected chi connectivity index (χ4v) is 4.29. The van der Waals surface area contributed by atoms with Crippen LogP contribution >= 0.6 is 0 Å². The predicted molar refractivity (Wildman–Crippen MR) is 112 cm³/mol. The topological polar surface area (TPSA) is 32.8 Å². The second-order valence-electron chi connectivity index (χ2n) is 8.22. The maximum atomic E-state index is 11.5. The van der Waals surface area contributed by atoms with E-state index in [2.05, 4.69) is 60.4 Å². The molecule has 2 saturated heterocycles. The van der Waals surface area contributed by atoms with Crippen molar-refractivity contribution in [3.05, 3.63) is 59.7 Å². The second kappa shape index (κ2) is 8.36. The lowest BCUT2D eigenvalue weighted by atomic mass is 9.99. The summed E-state index contributed by atoms with van der Waals surface area (Å²) in [6.45, 7) is 5.24. The number of hydrogen-bond acceptors (Lipinski definition) is 3. The number of amides is 1. The Kier molecular flexibility index (Phi) is 5.67. The van der Waals surface area contributed by atoms with E-state index >= 15 is 0 Å². The highest BCUT2D eigenvalue weighted by Gasteiger charge is 2.29. The highest BCUT2D eigenvalue weighted by molar-refractivity contribution is 5.69. The summed E-state index contributed by atoms with van der Waals surface area (Å²) in [4.78, 5) is 15.8. The van der Waals surface area contributed by atoms with Crippen molar-refractivity contribution in [3.63, 3.8) is 0 Å². The number of cyclic esters (lactones) is 1. The van der Waals surface area contributed by atoms with Gasteiger partial charge in [0.2, 0.25) is 0 Å². The lowest BCUT2D eigenvalue weighted by molar-refractivity contribution is 0.163. The fourth-order valence-electron chi connectivity index (χ4n) is 4.29. The highest BCUT2D eigenvalue weighted by atomic mass is 16.6. The van der Waals surface area contributed by atoms with Gasteiger partial charge in [-0.3, -0.25) is 0 Å². The average molecular weight is 379 g/mol. The molecule has 2 atom stereocenters. The van der Waals surface area contributed by atoms with Gasteiger partial charge in [0, 0.05) is 19.6 Å². The molecular weight excluding hydrogens is 348 g/mol. The van der Waals surface area contributed by atoms with Gasteiger partial charge in [0.05, 0.1) is 6.04 Å². The minimum atomic E-state index is -0.221. The smallest absolute Gasteiger partial charge is 0.409 e. The van der Waals surface area contributed by atoms with Gasteiger partial charge in [-0.25, -0.2) is 4.79 Å². The van der Waals surface area contributed by atoms with E-state index in [4.69, 9.17) is 4.74 Å². The highest BCUT2D eigenvalue weighted by Crippen LogP contribution is 2.23. The van der Waals surface area contributed by atoms with Crippen LogP contribution in [0.2, 0.25) is 0 Å². The Bertz CT molecular complexity index is 800. The van der Waals surface area contributed by atoms with E-state index in [9.17, 15) is 4.79 Å². The third-order valence-electron chi connectivity index (χ3n) is 6.33. The van der Waals surface area contributed by atoms with Crippen molar-refractivity contribution in [1.82, 2.24) is 9.80 Å². The molecule has 2 fully saturated rings. The molecule has 0 radical (unpaired) electrons. The summed E-state index contributed by atoms with van der Waals surface area (Å²) in [6, 6.07) is 18.5. The van der Waals surface area contributed by atoms with E-state index in [1.54, 1.807) is 11.9 Å². The third-order valence-corrected chi connectivity index (χ3v) is 6.33. The zero-order chi connectivity index (χ0) is 19.5. The summed E-state index contributed by atoms with van der Waals surface area (Å²) in [7, 11) is 1.81. The largest absolute Gasteiger partial charge is 0.447 e. The van der Waals surface area contributed by atoms with Gasteiger partial charge in [-0.2, -0.15) is 0 Å². The molecule has 2 aliphatic rings. The van der Waals surface area contributed by atoms with Gasteiger partial charge >= 0.3 is 6.09 Å². The first kappa shape index (κ1) is 19.0. The monoisotopic (exact) mass is 378 g/mol. The molecule has 0 saturated carbocycles. The van der Waals surface area contributed by atoms with E-state index in [0.29, 0.717) is 6.61 Å². The maximum Gasteiger partial charge on any atom is 0.409 e. The predicted octanol–water partition coefficient (Wildman–Crippen LogP) is 4.37. The van der Waals surface area contributed by atoms with Crippen LogP contribution in [-0.2, 0) is 17.6 Å². The lowest BCUT2D eigenvalue weighted by Gasteiger charge is -2.20. The first-order valence-corrected chi connectivity index (χ1v) is 10.4. The molecule has 0 spiro atoms. The summed E-state index contributed by atoms with van der Waals surface area (Å²) in [5.41, 5.74) is 5.13. The molecule has 28 heavy (non-hydrogen) atoms. The Morgan fingerprint density at radius 1 is 1.00 bits per heavy atom. The van der Waals surface area contributed by atoms with Crippen molar-refractivity contribution in [2.45, 2.75) is 44.7 Å². The average Bonchev–Trinajstić information content (AvgIpc) is 3.27. The number of nitrogens with zero attached hydrogens (tertiary/aromatic N) is 2. The number of carbonyl (C=O) groups is 1. The Labute approximate surface area is 168 Å². The Morgan fingerprint density at radius 3 is 2.18 bits per heavy atom. The molecule has 0 N–H and O–H groups in total. The summed E-state index contributed by atoms with van der Waals surface area (Å²) in [6.07, 6.45) is 4.42. The fraction of sp³-hybridized carbons (Fsp3) is 0.458. The third kappa shape index (κ3) is 4.22. The molecule has 2 aliphatic heterocycles. The zero-order valence-corrected chi connectivity index (χ0v) is 16.9. The number of rotatable bonds is 6. The maximum absolute atomic E-state index is 11.5. The summed E-state index contributed by atoms with van der Waals surface area (Å²) in [5, 5.41) is 0. The van der Waals surface area contributed by atoms with Crippen LogP contribution in [0.15, 0.2) is 48.5 Å². The number of ether oxygens (including phenoxy) is 1. The molecule has 4 nitrogen and oxygen atoms in total. The minimum absolute atomic E-state index is 0.135. The standard InChI is InChI=1S/C24H30N2O2/c1-18-4-3-14-26(18)15-13-19-5-9-21(10-6-19)22-11-7-20(8-12-22)16-23-17-28-24(27)25(23)2/h5-12,18,23H,3-4,13-17H2,1-2H3/t18-,23+/m1/s1. The minimum Gasteiger partial charge on any atom is -0.447 e. The first-order valence-electron chi connectivity index (χ1n) is 10.4. The molecule has 4 heteroatoms. The van der Waals surface area contributed by atoms with Crippen molar-refractivity contribution in [2.75, 3.05) is 26.7 Å². The van der Waals surface area contributed by atoms with Crippen LogP contribution in [0.1, 0.15) is 30.9 Å². The van der Waals surface area contributed by atoms with Crippen molar-refractivity contribution < 1.29 is 9.53 Å². The van der Waals surface area contributed by atoms with Gasteiger partial charge in [-0.15, -0.1) is 0 Å². The van der Waals surface area contributed by atoms with Crippen molar-refractivity contribution in [3.8, 4) is 11.1 Å². The van der Waals surface area contributed by atoms with Crippen LogP contribution in [0.3, 0.4) is 0 Å². The number of hydrogen-bond donors (Lipinski definition) is 0. The number of likely N-dealkylation sites (N-methyl/N-ethyl adjacent to an activating group) is 1. The van der Waals surface area contributed by atoms with Gasteiger partial charge < -0.3 is 14.5 Å². The quantitative estimate of drug-likeness (QED) is 0.748. The van der Waals surface area contributed by atoms with Crippen LogP contribution in [0, 0.1) is 0 Å². The van der Waals surface area contributed by atoms with E-state index in [-0.39, 0.29) is 12.1 Å². The van der Waals surface area contributed by atoms with Gasteiger partial charge in [-0.05, 0) is 61.4 Å². The van der Waals surface area contributed by atoms with Gasteiger partial charge in [0.1, 0.15) is 6.61 Å². The van der Waals surface area contributed by atoms with E-state index < -0.39 is 0 Å². The van der Waals surface area contributed by atoms with Crippen molar-refractivity contribution in [2.24, 2.45) is 0 Å². The molecule has 1 amide bonds. The van der Waals surface area contributed by atoms with Crippen LogP contribution < -0.4 is 0 Å². The van der Waals surface area contributed by atoms with E-state index in [0.717, 1.165) is 25.4 Å². The van der Waals surface area contributed by atoms with Gasteiger partial charge in [0.25, 0.3) is 0 Å². The SMILES string of the molecule is C[C@@H]1CCCN1CCc1ccc(-c2ccc(C[C@H]3COC(=O)N3C)cc2)cc1. The van der Waals surface area contributed by atoms with Crippen LogP contribution in [0.4, 0.5) is 4.79 Å². The van der Waals surface area contributed by atoms with Crippen molar-refractivity contribution in [1.29, 1.82) is 0 Å².